The fourth-order valence-electron chi connectivity index (χ4n) is 5.70. The minimum atomic E-state index is 0.654. The van der Waals surface area contributed by atoms with Crippen LogP contribution < -0.4 is 0 Å². The van der Waals surface area contributed by atoms with E-state index >= 15 is 0 Å². The Kier molecular flexibility index (Phi) is 5.79. The molecule has 3 heteroatoms. The van der Waals surface area contributed by atoms with E-state index in [0.717, 1.165) is 27.5 Å². The minimum absolute atomic E-state index is 0.654. The highest BCUT2D eigenvalue weighted by molar-refractivity contribution is 5.99. The predicted molar refractivity (Wildman–Crippen MR) is 174 cm³/mol. The Morgan fingerprint density at radius 2 is 0.738 bits per heavy atom. The molecule has 1 heterocycles. The number of rotatable bonds is 4. The van der Waals surface area contributed by atoms with E-state index in [4.69, 9.17) is 15.0 Å². The lowest BCUT2D eigenvalue weighted by atomic mass is 9.96. The van der Waals surface area contributed by atoms with Crippen molar-refractivity contribution in [2.45, 2.75) is 0 Å². The van der Waals surface area contributed by atoms with E-state index in [1.807, 2.05) is 6.07 Å². The van der Waals surface area contributed by atoms with E-state index in [-0.39, 0.29) is 0 Å². The molecular weight excluding hydrogens is 510 g/mol. The summed E-state index contributed by atoms with van der Waals surface area (Å²) in [4.78, 5) is 15.1. The Hall–Kier alpha value is -5.67. The molecule has 1 aromatic heterocycles. The summed E-state index contributed by atoms with van der Waals surface area (Å²) in [6.07, 6.45) is 0. The Morgan fingerprint density at radius 3 is 1.31 bits per heavy atom. The van der Waals surface area contributed by atoms with Crippen molar-refractivity contribution in [1.82, 2.24) is 15.0 Å². The molecule has 0 aliphatic rings. The molecule has 0 aliphatic carbocycles. The quantitative estimate of drug-likeness (QED) is 0.225. The van der Waals surface area contributed by atoms with Crippen molar-refractivity contribution in [2.24, 2.45) is 0 Å². The number of hydrogen-bond acceptors (Lipinski definition) is 3. The fourth-order valence-corrected chi connectivity index (χ4v) is 5.70. The first-order chi connectivity index (χ1) is 20.8. The summed E-state index contributed by atoms with van der Waals surface area (Å²) in [5, 5.41) is 7.03. The van der Waals surface area contributed by atoms with Gasteiger partial charge in [-0.25, -0.2) is 15.0 Å². The molecule has 8 rings (SSSR count). The highest BCUT2D eigenvalue weighted by Gasteiger charge is 2.14. The average Bonchev–Trinajstić information content (AvgIpc) is 3.07. The molecule has 0 saturated carbocycles. The van der Waals surface area contributed by atoms with Gasteiger partial charge >= 0.3 is 0 Å². The zero-order valence-corrected chi connectivity index (χ0v) is 22.8. The van der Waals surface area contributed by atoms with Gasteiger partial charge in [-0.1, -0.05) is 133 Å². The fraction of sp³-hybridized carbons (Fsp3) is 0. The lowest BCUT2D eigenvalue weighted by Gasteiger charge is -2.12. The molecule has 3 nitrogen and oxygen atoms in total. The van der Waals surface area contributed by atoms with Crippen molar-refractivity contribution in [3.8, 4) is 45.3 Å². The molecule has 0 aliphatic heterocycles. The van der Waals surface area contributed by atoms with Crippen LogP contribution in [0.5, 0.6) is 0 Å². The van der Waals surface area contributed by atoms with Gasteiger partial charge in [0.1, 0.15) is 0 Å². The van der Waals surface area contributed by atoms with E-state index in [1.165, 1.54) is 32.7 Å². The molecule has 0 radical (unpaired) electrons. The Balaban J connectivity index is 1.34. The van der Waals surface area contributed by atoms with E-state index in [1.54, 1.807) is 0 Å². The summed E-state index contributed by atoms with van der Waals surface area (Å²) in [7, 11) is 0. The highest BCUT2D eigenvalue weighted by atomic mass is 15.0. The zero-order chi connectivity index (χ0) is 27.9. The maximum Gasteiger partial charge on any atom is 0.164 e. The molecule has 0 bridgehead atoms. The van der Waals surface area contributed by atoms with Gasteiger partial charge in [-0.3, -0.25) is 0 Å². The standard InChI is InChI=1S/C39H25N3/c1-2-11-28(12-3-1)35-16-8-15-29-19-22-34(25-36(29)35)39-41-37(32-20-17-26-9-4-6-13-30(26)23-32)40-38(42-39)33-21-18-27-10-5-7-14-31(27)24-33/h1-25H. The van der Waals surface area contributed by atoms with E-state index in [9.17, 15) is 0 Å². The van der Waals surface area contributed by atoms with Crippen molar-refractivity contribution in [3.63, 3.8) is 0 Å². The van der Waals surface area contributed by atoms with Crippen molar-refractivity contribution < 1.29 is 0 Å². The Labute approximate surface area is 243 Å². The smallest absolute Gasteiger partial charge is 0.164 e. The number of benzene rings is 7. The van der Waals surface area contributed by atoms with Gasteiger partial charge in [0, 0.05) is 16.7 Å². The summed E-state index contributed by atoms with van der Waals surface area (Å²) >= 11 is 0. The van der Waals surface area contributed by atoms with Crippen LogP contribution >= 0.6 is 0 Å². The molecule has 196 valence electrons. The molecule has 0 atom stereocenters. The third-order valence-corrected chi connectivity index (χ3v) is 7.88. The molecule has 42 heavy (non-hydrogen) atoms. The number of hydrogen-bond donors (Lipinski definition) is 0. The van der Waals surface area contributed by atoms with Gasteiger partial charge in [-0.15, -0.1) is 0 Å². The molecule has 0 spiro atoms. The van der Waals surface area contributed by atoms with Crippen LogP contribution in [-0.2, 0) is 0 Å². The number of nitrogens with zero attached hydrogens (tertiary/aromatic N) is 3. The van der Waals surface area contributed by atoms with Gasteiger partial charge in [-0.2, -0.15) is 0 Å². The highest BCUT2D eigenvalue weighted by Crippen LogP contribution is 2.33. The molecule has 0 N–H and O–H groups in total. The number of aromatic nitrogens is 3. The van der Waals surface area contributed by atoms with Crippen LogP contribution in [0.1, 0.15) is 0 Å². The third kappa shape index (κ3) is 4.38. The zero-order valence-electron chi connectivity index (χ0n) is 22.8. The Morgan fingerprint density at radius 1 is 0.286 bits per heavy atom. The maximum absolute atomic E-state index is 5.06. The molecule has 0 fully saturated rings. The van der Waals surface area contributed by atoms with Crippen molar-refractivity contribution in [3.05, 3.63) is 152 Å². The van der Waals surface area contributed by atoms with Gasteiger partial charge in [-0.05, 0) is 61.6 Å². The van der Waals surface area contributed by atoms with Crippen LogP contribution in [0.3, 0.4) is 0 Å². The summed E-state index contributed by atoms with van der Waals surface area (Å²) < 4.78 is 0. The average molecular weight is 536 g/mol. The van der Waals surface area contributed by atoms with Gasteiger partial charge in [0.05, 0.1) is 0 Å². The number of fused-ring (bicyclic) bond motifs is 3. The largest absolute Gasteiger partial charge is 0.208 e. The minimum Gasteiger partial charge on any atom is -0.208 e. The second-order valence-electron chi connectivity index (χ2n) is 10.5. The lowest BCUT2D eigenvalue weighted by Crippen LogP contribution is -2.00. The Bertz CT molecular complexity index is 2160. The van der Waals surface area contributed by atoms with E-state index < -0.39 is 0 Å². The van der Waals surface area contributed by atoms with E-state index in [0.29, 0.717) is 17.5 Å². The van der Waals surface area contributed by atoms with Gasteiger partial charge < -0.3 is 0 Å². The summed E-state index contributed by atoms with van der Waals surface area (Å²) in [5.41, 5.74) is 5.26. The van der Waals surface area contributed by atoms with Gasteiger partial charge in [0.2, 0.25) is 0 Å². The van der Waals surface area contributed by atoms with Crippen LogP contribution in [0.25, 0.3) is 77.6 Å². The first kappa shape index (κ1) is 24.2. The SMILES string of the molecule is c1ccc(-c2cccc3ccc(-c4nc(-c5ccc6ccccc6c5)nc(-c5ccc6ccccc6c5)n4)cc23)cc1. The van der Waals surface area contributed by atoms with Gasteiger partial charge in [0.15, 0.2) is 17.5 Å². The first-order valence-electron chi connectivity index (χ1n) is 14.1. The normalized spacial score (nSPS) is 11.3. The topological polar surface area (TPSA) is 38.7 Å². The predicted octanol–water partition coefficient (Wildman–Crippen LogP) is 10.00. The van der Waals surface area contributed by atoms with Crippen LogP contribution in [0.4, 0.5) is 0 Å². The van der Waals surface area contributed by atoms with Crippen molar-refractivity contribution in [1.29, 1.82) is 0 Å². The van der Waals surface area contributed by atoms with Gasteiger partial charge in [0.25, 0.3) is 0 Å². The molecule has 0 amide bonds. The molecule has 7 aromatic carbocycles. The molecular formula is C39H25N3. The summed E-state index contributed by atoms with van der Waals surface area (Å²) in [5.74, 6) is 1.97. The van der Waals surface area contributed by atoms with E-state index in [2.05, 4.69) is 146 Å². The first-order valence-corrected chi connectivity index (χ1v) is 14.1. The molecule has 0 saturated heterocycles. The summed E-state index contributed by atoms with van der Waals surface area (Å²) in [6, 6.07) is 52.9. The monoisotopic (exact) mass is 535 g/mol. The summed E-state index contributed by atoms with van der Waals surface area (Å²) in [6.45, 7) is 0. The van der Waals surface area contributed by atoms with Crippen LogP contribution in [0, 0.1) is 0 Å². The van der Waals surface area contributed by atoms with Crippen molar-refractivity contribution in [2.75, 3.05) is 0 Å². The second kappa shape index (κ2) is 10.1. The lowest BCUT2D eigenvalue weighted by molar-refractivity contribution is 1.08. The molecule has 0 unspecified atom stereocenters. The van der Waals surface area contributed by atoms with Crippen LogP contribution in [0.2, 0.25) is 0 Å². The second-order valence-corrected chi connectivity index (χ2v) is 10.5. The van der Waals surface area contributed by atoms with Crippen LogP contribution in [-0.4, -0.2) is 15.0 Å². The van der Waals surface area contributed by atoms with Crippen LogP contribution in [0.15, 0.2) is 152 Å². The maximum atomic E-state index is 5.06. The third-order valence-electron chi connectivity index (χ3n) is 7.88. The van der Waals surface area contributed by atoms with Crippen molar-refractivity contribution >= 4 is 32.3 Å². The molecule has 8 aromatic rings.